The van der Waals surface area contributed by atoms with Crippen LogP contribution < -0.4 is 16.5 Å². The van der Waals surface area contributed by atoms with E-state index in [1.165, 1.54) is 0 Å². The molecule has 4 N–H and O–H groups in total. The minimum atomic E-state index is -0.312. The van der Waals surface area contributed by atoms with Crippen LogP contribution in [0.25, 0.3) is 10.8 Å². The zero-order chi connectivity index (χ0) is 16.8. The largest absolute Gasteiger partial charge is 0.323 e. The quantitative estimate of drug-likeness (QED) is 0.366. The Morgan fingerprint density at radius 1 is 0.917 bits per heavy atom. The number of hydrogen-bond acceptors (Lipinski definition) is 5. The molecule has 0 aliphatic rings. The molecule has 0 aromatic heterocycles. The van der Waals surface area contributed by atoms with E-state index in [1.54, 1.807) is 24.3 Å². The number of benzene rings is 3. The van der Waals surface area contributed by atoms with Crippen LogP contribution in [0.15, 0.2) is 71.6 Å². The van der Waals surface area contributed by atoms with E-state index < -0.39 is 0 Å². The number of nitrogens with one attached hydrogen (secondary N) is 2. The van der Waals surface area contributed by atoms with E-state index in [0.717, 1.165) is 33.4 Å². The summed E-state index contributed by atoms with van der Waals surface area (Å²) in [4.78, 5) is 17.0. The van der Waals surface area contributed by atoms with Crippen molar-refractivity contribution in [1.82, 2.24) is 0 Å². The van der Waals surface area contributed by atoms with E-state index in [0.29, 0.717) is 5.69 Å². The number of carbonyl (C=O) groups excluding carboxylic acids is 1. The summed E-state index contributed by atoms with van der Waals surface area (Å²) in [6.45, 7) is 0. The van der Waals surface area contributed by atoms with Crippen LogP contribution in [-0.2, 0) is 9.32 Å². The number of fused-ring (bicyclic) bond motifs is 1. The zero-order valence-corrected chi connectivity index (χ0v) is 13.4. The molecule has 6 nitrogen and oxygen atoms in total. The second kappa shape index (κ2) is 7.80. The number of amides is 2. The zero-order valence-electron chi connectivity index (χ0n) is 12.6. The van der Waals surface area contributed by atoms with Gasteiger partial charge in [0, 0.05) is 16.0 Å². The lowest BCUT2D eigenvalue weighted by Crippen LogP contribution is -2.19. The second-order valence-corrected chi connectivity index (χ2v) is 5.65. The number of nitrogens with two attached hydrogens (primary N) is 1. The van der Waals surface area contributed by atoms with Gasteiger partial charge in [0.2, 0.25) is 0 Å². The van der Waals surface area contributed by atoms with Gasteiger partial charge >= 0.3 is 6.03 Å². The Balaban J connectivity index is 1.67. The highest BCUT2D eigenvalue weighted by molar-refractivity contribution is 7.94. The standard InChI is InChI=1S/C17H15N3O3S/c18-22-23-24-14-10-8-13(9-11-14)19-17(21)20-16-7-3-5-12-4-1-2-6-15(12)16/h1-11H,18H2,(H2,19,20,21). The van der Waals surface area contributed by atoms with Crippen molar-refractivity contribution < 1.29 is 14.1 Å². The summed E-state index contributed by atoms with van der Waals surface area (Å²) in [7, 11) is 0. The van der Waals surface area contributed by atoms with Gasteiger partial charge in [-0.05, 0) is 35.7 Å². The maximum atomic E-state index is 12.2. The first kappa shape index (κ1) is 16.3. The van der Waals surface area contributed by atoms with Crippen LogP contribution >= 0.6 is 12.0 Å². The van der Waals surface area contributed by atoms with Crippen molar-refractivity contribution in [3.8, 4) is 0 Å². The molecular weight excluding hydrogens is 326 g/mol. The molecule has 0 aliphatic heterocycles. The first-order valence-electron chi connectivity index (χ1n) is 7.12. The Bertz CT molecular complexity index is 835. The van der Waals surface area contributed by atoms with Crippen LogP contribution in [0.1, 0.15) is 0 Å². The average Bonchev–Trinajstić information content (AvgIpc) is 2.61. The summed E-state index contributed by atoms with van der Waals surface area (Å²) >= 11 is 0.976. The first-order chi connectivity index (χ1) is 11.8. The molecule has 3 rings (SSSR count). The molecule has 122 valence electrons. The van der Waals surface area contributed by atoms with Gasteiger partial charge in [-0.15, -0.1) is 9.32 Å². The predicted octanol–water partition coefficient (Wildman–Crippen LogP) is 4.31. The van der Waals surface area contributed by atoms with Gasteiger partial charge in [0.05, 0.1) is 17.7 Å². The maximum absolute atomic E-state index is 12.2. The number of hydrogen-bond donors (Lipinski definition) is 3. The van der Waals surface area contributed by atoms with Crippen LogP contribution in [0.2, 0.25) is 0 Å². The van der Waals surface area contributed by atoms with Crippen molar-refractivity contribution in [3.05, 3.63) is 66.7 Å². The van der Waals surface area contributed by atoms with Gasteiger partial charge in [0.15, 0.2) is 0 Å². The summed E-state index contributed by atoms with van der Waals surface area (Å²) in [6, 6.07) is 20.4. The van der Waals surface area contributed by atoms with Crippen molar-refractivity contribution in [2.24, 2.45) is 5.90 Å². The van der Waals surface area contributed by atoms with E-state index in [-0.39, 0.29) is 6.03 Å². The van der Waals surface area contributed by atoms with E-state index in [9.17, 15) is 4.79 Å². The molecule has 3 aromatic rings. The summed E-state index contributed by atoms with van der Waals surface area (Å²) in [6.07, 6.45) is 0. The molecule has 0 aliphatic carbocycles. The molecule has 0 radical (unpaired) electrons. The van der Waals surface area contributed by atoms with Crippen LogP contribution in [0.5, 0.6) is 0 Å². The molecule has 0 bridgehead atoms. The Kier molecular flexibility index (Phi) is 5.29. The lowest BCUT2D eigenvalue weighted by Gasteiger charge is -2.10. The second-order valence-electron chi connectivity index (χ2n) is 4.88. The van der Waals surface area contributed by atoms with Crippen LogP contribution in [0.4, 0.5) is 16.2 Å². The Hall–Kier alpha value is -2.58. The first-order valence-corrected chi connectivity index (χ1v) is 7.86. The Morgan fingerprint density at radius 2 is 1.67 bits per heavy atom. The van der Waals surface area contributed by atoms with Gasteiger partial charge in [-0.1, -0.05) is 36.4 Å². The molecule has 7 heteroatoms. The average molecular weight is 341 g/mol. The minimum absolute atomic E-state index is 0.312. The molecule has 0 saturated heterocycles. The summed E-state index contributed by atoms with van der Waals surface area (Å²) < 4.78 is 4.56. The van der Waals surface area contributed by atoms with Gasteiger partial charge in [0.25, 0.3) is 0 Å². The normalized spacial score (nSPS) is 10.5. The fraction of sp³-hybridized carbons (Fsp3) is 0. The highest BCUT2D eigenvalue weighted by atomic mass is 32.2. The van der Waals surface area contributed by atoms with E-state index in [1.807, 2.05) is 42.5 Å². The topological polar surface area (TPSA) is 85.6 Å². The Morgan fingerprint density at radius 3 is 2.46 bits per heavy atom. The number of rotatable bonds is 5. The summed E-state index contributed by atoms with van der Waals surface area (Å²) in [5.74, 6) is 4.78. The molecule has 0 atom stereocenters. The lowest BCUT2D eigenvalue weighted by atomic mass is 10.1. The predicted molar refractivity (Wildman–Crippen MR) is 95.2 cm³/mol. The number of carbonyl (C=O) groups is 1. The number of anilines is 2. The van der Waals surface area contributed by atoms with E-state index >= 15 is 0 Å². The van der Waals surface area contributed by atoms with Crippen LogP contribution in [-0.4, -0.2) is 6.03 Å². The van der Waals surface area contributed by atoms with Crippen molar-refractivity contribution in [2.45, 2.75) is 4.90 Å². The van der Waals surface area contributed by atoms with Crippen molar-refractivity contribution in [3.63, 3.8) is 0 Å². The van der Waals surface area contributed by atoms with Crippen LogP contribution in [0.3, 0.4) is 0 Å². The van der Waals surface area contributed by atoms with Gasteiger partial charge < -0.3 is 10.6 Å². The molecule has 0 saturated carbocycles. The molecule has 0 spiro atoms. The molecule has 2 amide bonds. The van der Waals surface area contributed by atoms with Crippen molar-refractivity contribution >= 4 is 40.2 Å². The monoisotopic (exact) mass is 341 g/mol. The highest BCUT2D eigenvalue weighted by Gasteiger charge is 2.06. The van der Waals surface area contributed by atoms with Gasteiger partial charge in [-0.2, -0.15) is 5.90 Å². The summed E-state index contributed by atoms with van der Waals surface area (Å²) in [5.41, 5.74) is 1.41. The van der Waals surface area contributed by atoms with Gasteiger partial charge in [-0.3, -0.25) is 0 Å². The van der Waals surface area contributed by atoms with E-state index in [2.05, 4.69) is 20.0 Å². The Labute approximate surface area is 143 Å². The molecular formula is C17H15N3O3S. The minimum Gasteiger partial charge on any atom is -0.308 e. The third-order valence-electron chi connectivity index (χ3n) is 3.32. The van der Waals surface area contributed by atoms with Gasteiger partial charge in [0.1, 0.15) is 0 Å². The molecule has 0 heterocycles. The maximum Gasteiger partial charge on any atom is 0.323 e. The summed E-state index contributed by atoms with van der Waals surface area (Å²) in [5, 5.41) is 7.70. The fourth-order valence-electron chi connectivity index (χ4n) is 2.27. The smallest absolute Gasteiger partial charge is 0.308 e. The van der Waals surface area contributed by atoms with Crippen molar-refractivity contribution in [1.29, 1.82) is 0 Å². The fourth-order valence-corrected chi connectivity index (χ4v) is 2.64. The third-order valence-corrected chi connectivity index (χ3v) is 3.93. The van der Waals surface area contributed by atoms with Crippen LogP contribution in [0, 0.1) is 0 Å². The molecule has 24 heavy (non-hydrogen) atoms. The van der Waals surface area contributed by atoms with Gasteiger partial charge in [-0.25, -0.2) is 4.79 Å². The molecule has 0 fully saturated rings. The lowest BCUT2D eigenvalue weighted by molar-refractivity contribution is -0.195. The SMILES string of the molecule is NOOSc1ccc(NC(=O)Nc2cccc3ccccc23)cc1. The van der Waals surface area contributed by atoms with E-state index in [4.69, 9.17) is 5.90 Å². The van der Waals surface area contributed by atoms with Crippen molar-refractivity contribution in [2.75, 3.05) is 10.6 Å². The molecule has 3 aromatic carbocycles. The highest BCUT2D eigenvalue weighted by Crippen LogP contribution is 2.24. The molecule has 0 unspecified atom stereocenters. The third kappa shape index (κ3) is 4.03. The number of urea groups is 1.